The van der Waals surface area contributed by atoms with Crippen molar-refractivity contribution < 1.29 is 9.20 Å². The van der Waals surface area contributed by atoms with Gasteiger partial charge in [0, 0.05) is 17.0 Å². The Hall–Kier alpha value is -2.02. The second-order valence-electron chi connectivity index (χ2n) is 4.09. The molecule has 96 valence electrons. The lowest BCUT2D eigenvalue weighted by Crippen LogP contribution is -2.35. The van der Waals surface area contributed by atoms with Gasteiger partial charge in [-0.1, -0.05) is 33.2 Å². The van der Waals surface area contributed by atoms with E-state index in [1.807, 2.05) is 31.2 Å². The van der Waals surface area contributed by atoms with Crippen LogP contribution in [0, 0.1) is 6.92 Å². The fourth-order valence-corrected chi connectivity index (χ4v) is 2.11. The molecule has 0 radical (unpaired) electrons. The summed E-state index contributed by atoms with van der Waals surface area (Å²) >= 11 is 3.42. The summed E-state index contributed by atoms with van der Waals surface area (Å²) in [6.45, 7) is 2.36. The lowest BCUT2D eigenvalue weighted by atomic mass is 10.2. The average Bonchev–Trinajstić information content (AvgIpc) is 2.99. The minimum absolute atomic E-state index is 0.474. The fourth-order valence-electron chi connectivity index (χ4n) is 1.71. The van der Waals surface area contributed by atoms with Crippen molar-refractivity contribution in [3.05, 3.63) is 46.8 Å². The highest BCUT2D eigenvalue weighted by Crippen LogP contribution is 2.20. The van der Waals surface area contributed by atoms with Crippen LogP contribution in [0.15, 0.2) is 39.6 Å². The molecule has 0 saturated heterocycles. The van der Waals surface area contributed by atoms with Gasteiger partial charge in [-0.25, -0.2) is 0 Å². The van der Waals surface area contributed by atoms with Crippen molar-refractivity contribution in [2.75, 3.05) is 0 Å². The number of halogens is 1. The zero-order chi connectivity index (χ0) is 13.2. The molecule has 0 fully saturated rings. The van der Waals surface area contributed by atoms with Gasteiger partial charge in [-0.05, 0) is 17.1 Å². The van der Waals surface area contributed by atoms with Crippen LogP contribution in [0.3, 0.4) is 0 Å². The highest BCUT2D eigenvalue weighted by molar-refractivity contribution is 9.10. The van der Waals surface area contributed by atoms with Gasteiger partial charge in [0.2, 0.25) is 11.6 Å². The predicted octanol–water partition coefficient (Wildman–Crippen LogP) is 1.87. The molecular weight excluding hydrogens is 310 g/mol. The molecule has 0 aliphatic carbocycles. The van der Waals surface area contributed by atoms with E-state index in [2.05, 4.69) is 36.2 Å². The van der Waals surface area contributed by atoms with E-state index in [-0.39, 0.29) is 0 Å². The van der Waals surface area contributed by atoms with Crippen LogP contribution < -0.4 is 4.68 Å². The summed E-state index contributed by atoms with van der Waals surface area (Å²) in [5.74, 6) is 1.95. The van der Waals surface area contributed by atoms with E-state index in [1.165, 1.54) is 0 Å². The highest BCUT2D eigenvalue weighted by Gasteiger charge is 2.13. The molecule has 2 aromatic heterocycles. The van der Waals surface area contributed by atoms with Crippen LogP contribution in [0.25, 0.3) is 11.4 Å². The maximum absolute atomic E-state index is 5.23. The van der Waals surface area contributed by atoms with Gasteiger partial charge >= 0.3 is 6.33 Å². The lowest BCUT2D eigenvalue weighted by Gasteiger charge is -1.93. The summed E-state index contributed by atoms with van der Waals surface area (Å²) in [5, 5.41) is 7.03. The minimum atomic E-state index is 0.474. The molecule has 1 aromatic carbocycles. The first-order valence-electron chi connectivity index (χ1n) is 5.70. The number of rotatable bonds is 3. The molecule has 3 aromatic rings. The van der Waals surface area contributed by atoms with Crippen LogP contribution in [-0.4, -0.2) is 20.2 Å². The van der Waals surface area contributed by atoms with E-state index in [0.29, 0.717) is 18.3 Å². The first-order chi connectivity index (χ1) is 9.20. The van der Waals surface area contributed by atoms with E-state index in [4.69, 9.17) is 4.52 Å². The number of aryl methyl sites for hydroxylation is 1. The molecule has 0 aliphatic heterocycles. The van der Waals surface area contributed by atoms with Crippen LogP contribution in [0.1, 0.15) is 11.7 Å². The zero-order valence-electron chi connectivity index (χ0n) is 10.2. The number of nitrogens with one attached hydrogen (secondary N) is 1. The van der Waals surface area contributed by atoms with Crippen LogP contribution in [0.2, 0.25) is 0 Å². The minimum Gasteiger partial charge on any atom is -0.334 e. The monoisotopic (exact) mass is 320 g/mol. The molecule has 0 amide bonds. The van der Waals surface area contributed by atoms with Crippen LogP contribution in [-0.2, 0) is 6.54 Å². The number of hydrogen-bond donors (Lipinski definition) is 1. The standard InChI is InChI=1S/C12H10BrN5O/c1-8-14-7-18(16-8)6-11-15-12(17-19-11)9-3-2-4-10(13)5-9/h2-5,7H,6H2,1H3/p+1. The van der Waals surface area contributed by atoms with Crippen molar-refractivity contribution >= 4 is 15.9 Å². The summed E-state index contributed by atoms with van der Waals surface area (Å²) < 4.78 is 7.99. The molecule has 3 rings (SSSR count). The summed E-state index contributed by atoms with van der Waals surface area (Å²) in [5.41, 5.74) is 0.912. The Morgan fingerprint density at radius 3 is 3.05 bits per heavy atom. The van der Waals surface area contributed by atoms with E-state index in [1.54, 1.807) is 11.0 Å². The molecule has 1 N–H and O–H groups in total. The van der Waals surface area contributed by atoms with Gasteiger partial charge in [0.05, 0.1) is 0 Å². The number of aromatic nitrogens is 5. The third-order valence-corrected chi connectivity index (χ3v) is 3.05. The van der Waals surface area contributed by atoms with E-state index >= 15 is 0 Å². The third kappa shape index (κ3) is 2.70. The molecule has 0 aliphatic rings. The van der Waals surface area contributed by atoms with Crippen LogP contribution in [0.5, 0.6) is 0 Å². The molecule has 0 spiro atoms. The van der Waals surface area contributed by atoms with Crippen molar-refractivity contribution in [3.8, 4) is 11.4 Å². The number of hydrogen-bond acceptors (Lipinski definition) is 4. The van der Waals surface area contributed by atoms with E-state index < -0.39 is 0 Å². The predicted molar refractivity (Wildman–Crippen MR) is 70.1 cm³/mol. The second kappa shape index (κ2) is 4.93. The van der Waals surface area contributed by atoms with Gasteiger partial charge in [-0.15, -0.1) is 4.68 Å². The van der Waals surface area contributed by atoms with Crippen LogP contribution in [0.4, 0.5) is 0 Å². The molecule has 19 heavy (non-hydrogen) atoms. The molecular formula is C12H11BrN5O+. The second-order valence-corrected chi connectivity index (χ2v) is 5.01. The number of H-pyrrole nitrogens is 1. The summed E-state index contributed by atoms with van der Waals surface area (Å²) in [6, 6.07) is 7.77. The molecule has 0 saturated carbocycles. The zero-order valence-corrected chi connectivity index (χ0v) is 11.8. The third-order valence-electron chi connectivity index (χ3n) is 2.55. The van der Waals surface area contributed by atoms with Crippen molar-refractivity contribution in [1.29, 1.82) is 0 Å². The fraction of sp³-hybridized carbons (Fsp3) is 0.167. The molecule has 0 bridgehead atoms. The van der Waals surface area contributed by atoms with Gasteiger partial charge in [0.15, 0.2) is 6.54 Å². The Morgan fingerprint density at radius 1 is 1.42 bits per heavy atom. The SMILES string of the molecule is Cc1nc[n+](Cc2nc(-c3cccc(Br)c3)no2)[nH]1. The van der Waals surface area contributed by atoms with Gasteiger partial charge in [0.1, 0.15) is 0 Å². The maximum Gasteiger partial charge on any atom is 0.307 e. The normalized spacial score (nSPS) is 10.8. The topological polar surface area (TPSA) is 71.5 Å². The quantitative estimate of drug-likeness (QED) is 0.748. The molecule has 0 atom stereocenters. The number of benzene rings is 1. The lowest BCUT2D eigenvalue weighted by molar-refractivity contribution is -0.745. The smallest absolute Gasteiger partial charge is 0.307 e. The largest absolute Gasteiger partial charge is 0.334 e. The Balaban J connectivity index is 1.83. The van der Waals surface area contributed by atoms with Crippen molar-refractivity contribution in [3.63, 3.8) is 0 Å². The molecule has 6 nitrogen and oxygen atoms in total. The molecule has 7 heteroatoms. The average molecular weight is 321 g/mol. The number of aromatic amines is 1. The Bertz CT molecular complexity index is 705. The van der Waals surface area contributed by atoms with E-state index in [0.717, 1.165) is 15.9 Å². The summed E-state index contributed by atoms with van der Waals surface area (Å²) in [4.78, 5) is 8.46. The first kappa shape index (κ1) is 12.0. The highest BCUT2D eigenvalue weighted by atomic mass is 79.9. The van der Waals surface area contributed by atoms with E-state index in [9.17, 15) is 0 Å². The first-order valence-corrected chi connectivity index (χ1v) is 6.49. The van der Waals surface area contributed by atoms with Crippen molar-refractivity contribution in [2.45, 2.75) is 13.5 Å². The van der Waals surface area contributed by atoms with Gasteiger partial charge < -0.3 is 4.52 Å². The Labute approximate surface area is 117 Å². The number of nitrogens with zero attached hydrogens (tertiary/aromatic N) is 4. The van der Waals surface area contributed by atoms with Crippen LogP contribution >= 0.6 is 15.9 Å². The van der Waals surface area contributed by atoms with Crippen molar-refractivity contribution in [2.24, 2.45) is 0 Å². The Morgan fingerprint density at radius 2 is 2.32 bits per heavy atom. The van der Waals surface area contributed by atoms with Gasteiger partial charge in [0.25, 0.3) is 5.89 Å². The van der Waals surface area contributed by atoms with Crippen molar-refractivity contribution in [1.82, 2.24) is 20.2 Å². The van der Waals surface area contributed by atoms with Gasteiger partial charge in [-0.3, -0.25) is 0 Å². The summed E-state index contributed by atoms with van der Waals surface area (Å²) in [7, 11) is 0. The van der Waals surface area contributed by atoms with Gasteiger partial charge in [-0.2, -0.15) is 10.1 Å². The Kier molecular flexibility index (Phi) is 3.12. The summed E-state index contributed by atoms with van der Waals surface area (Å²) in [6.07, 6.45) is 1.69. The maximum atomic E-state index is 5.23. The molecule has 0 unspecified atom stereocenters. The molecule has 2 heterocycles.